The Morgan fingerprint density at radius 2 is 0.714 bits per heavy atom. The van der Waals surface area contributed by atoms with Crippen LogP contribution in [0.5, 0.6) is 0 Å². The van der Waals surface area contributed by atoms with Crippen LogP contribution in [0.3, 0.4) is 0 Å². The first-order valence-corrected chi connectivity index (χ1v) is 18.1. The van der Waals surface area contributed by atoms with E-state index in [-0.39, 0.29) is 26.2 Å². The summed E-state index contributed by atoms with van der Waals surface area (Å²) in [7, 11) is 0. The van der Waals surface area contributed by atoms with Crippen LogP contribution in [0.2, 0.25) is 0 Å². The van der Waals surface area contributed by atoms with Crippen LogP contribution < -0.4 is 15.3 Å². The fraction of sp³-hybridized carbons (Fsp3) is 0. The Labute approximate surface area is 194 Å². The van der Waals surface area contributed by atoms with E-state index in [1.807, 2.05) is 18.2 Å². The Morgan fingerprint density at radius 1 is 0.464 bits per heavy atom. The van der Waals surface area contributed by atoms with Gasteiger partial charge in [0, 0.05) is 0 Å². The van der Waals surface area contributed by atoms with Gasteiger partial charge in [-0.2, -0.15) is 0 Å². The standard InChI is InChI=1S/3C6H6GeO2.Bi/c3*8-6(9)7-4-2-1-3-5-7;/h3*1-5H,(H,8,9);/q;;;+3/p-3. The fourth-order valence-corrected chi connectivity index (χ4v) is 8.14. The maximum Gasteiger partial charge on any atom is 3.00 e. The maximum atomic E-state index is 10.2. The number of carboxylic acid groups (broad SMARTS) is 3. The molecule has 140 valence electrons. The summed E-state index contributed by atoms with van der Waals surface area (Å²) >= 11 is -6.11. The topological polar surface area (TPSA) is 120 Å². The van der Waals surface area contributed by atoms with Crippen LogP contribution in [0, 0.1) is 0 Å². The van der Waals surface area contributed by atoms with Crippen molar-refractivity contribution in [3.63, 3.8) is 0 Å². The van der Waals surface area contributed by atoms with Gasteiger partial charge in [-0.25, -0.2) is 0 Å². The third-order valence-electron chi connectivity index (χ3n) is 3.03. The quantitative estimate of drug-likeness (QED) is 0.308. The van der Waals surface area contributed by atoms with Gasteiger partial charge in [0.2, 0.25) is 0 Å². The molecule has 28 heavy (non-hydrogen) atoms. The molecule has 0 aromatic carbocycles. The first kappa shape index (κ1) is 27.0. The van der Waals surface area contributed by atoms with Gasteiger partial charge in [0.1, 0.15) is 0 Å². The van der Waals surface area contributed by atoms with Gasteiger partial charge in [-0.15, -0.1) is 0 Å². The molecule has 0 spiro atoms. The zero-order valence-electron chi connectivity index (χ0n) is 14.6. The number of rotatable bonds is 3. The summed E-state index contributed by atoms with van der Waals surface area (Å²) in [6.07, 6.45) is 16.1. The average molecular weight is 754 g/mol. The minimum Gasteiger partial charge on any atom is 3.00 e. The third kappa shape index (κ3) is 11.7. The van der Waals surface area contributed by atoms with Crippen molar-refractivity contribution in [3.8, 4) is 0 Å². The molecule has 0 unspecified atom stereocenters. The summed E-state index contributed by atoms with van der Waals surface area (Å²) < 4.78 is 0. The van der Waals surface area contributed by atoms with Crippen molar-refractivity contribution in [2.24, 2.45) is 0 Å². The molecule has 3 heterocycles. The zero-order valence-corrected chi connectivity index (χ0v) is 24.3. The number of allylic oxidation sites excluding steroid dienone is 9. The van der Waals surface area contributed by atoms with Crippen molar-refractivity contribution in [1.82, 2.24) is 0 Å². The van der Waals surface area contributed by atoms with E-state index in [0.29, 0.717) is 0 Å². The SMILES string of the molecule is O=[C]([O-])[Ge]1=[CH]C=CC=[CH]1.O=[C]([O-])[Ge]1=[CH]C=CC=[CH]1.O=[C]([O-])[Ge]1=[CH]C=CC=[CH]1.[Bi+3]. The van der Waals surface area contributed by atoms with Crippen LogP contribution in [-0.2, 0) is 0 Å². The molecule has 0 fully saturated rings. The molecule has 0 aromatic heterocycles. The number of hydrogen-bond acceptors (Lipinski definition) is 6. The average Bonchev–Trinajstić information content (AvgIpc) is 2.71. The van der Waals surface area contributed by atoms with Gasteiger partial charge >= 0.3 is 196 Å². The molecule has 0 bridgehead atoms. The number of carbonyl (C=O) groups excluding carboxylic acids is 3. The van der Waals surface area contributed by atoms with Crippen molar-refractivity contribution in [1.29, 1.82) is 0 Å². The van der Waals surface area contributed by atoms with E-state index in [1.54, 1.807) is 65.7 Å². The zero-order chi connectivity index (χ0) is 20.1. The van der Waals surface area contributed by atoms with Crippen molar-refractivity contribution in [2.45, 2.75) is 0 Å². The van der Waals surface area contributed by atoms with Crippen molar-refractivity contribution in [2.75, 3.05) is 0 Å². The largest absolute Gasteiger partial charge is 3.00 e. The van der Waals surface area contributed by atoms with Gasteiger partial charge in [-0.1, -0.05) is 0 Å². The Kier molecular flexibility index (Phi) is 15.3. The first-order chi connectivity index (χ1) is 12.9. The van der Waals surface area contributed by atoms with E-state index in [2.05, 4.69) is 0 Å². The molecular weight excluding hydrogens is 739 g/mol. The summed E-state index contributed by atoms with van der Waals surface area (Å²) in [4.78, 5) is 38.4. The van der Waals surface area contributed by atoms with Crippen molar-refractivity contribution >= 4 is 96.9 Å². The fourth-order valence-electron chi connectivity index (χ4n) is 1.72. The van der Waals surface area contributed by atoms with Crippen LogP contribution in [0.1, 0.15) is 0 Å². The van der Waals surface area contributed by atoms with Crippen LogP contribution in [0.4, 0.5) is 14.4 Å². The second kappa shape index (κ2) is 15.8. The molecule has 0 saturated carbocycles. The second-order valence-corrected chi connectivity index (χ2v) is 17.5. The van der Waals surface area contributed by atoms with Crippen LogP contribution in [0.15, 0.2) is 69.4 Å². The Bertz CT molecular complexity index is 760. The first-order valence-electron chi connectivity index (χ1n) is 7.71. The Balaban J connectivity index is 0.000000384. The Hall–Kier alpha value is -1.03. The molecule has 0 amide bonds. The second-order valence-electron chi connectivity index (χ2n) is 4.96. The molecule has 6 nitrogen and oxygen atoms in total. The van der Waals surface area contributed by atoms with Gasteiger partial charge < -0.3 is 0 Å². The molecule has 0 saturated heterocycles. The molecule has 0 atom stereocenters. The predicted molar refractivity (Wildman–Crippen MR) is 112 cm³/mol. The number of hydrogen-bond donors (Lipinski definition) is 0. The smallest absolute Gasteiger partial charge is 3.00 e. The third-order valence-corrected chi connectivity index (χ3v) is 12.9. The molecular formula is C18H15BiGe3O6. The van der Waals surface area contributed by atoms with Crippen LogP contribution in [0.25, 0.3) is 0 Å². The minimum absolute atomic E-state index is 0. The normalized spacial score (nSPS) is 14.8. The van der Waals surface area contributed by atoms with E-state index in [0.717, 1.165) is 0 Å². The minimum atomic E-state index is -2.04. The van der Waals surface area contributed by atoms with Crippen molar-refractivity contribution in [3.05, 3.63) is 69.4 Å². The Morgan fingerprint density at radius 3 is 0.821 bits per heavy atom. The summed E-state index contributed by atoms with van der Waals surface area (Å²) in [6, 6.07) is 0. The molecule has 3 rings (SSSR count). The van der Waals surface area contributed by atoms with E-state index < -0.39 is 56.1 Å². The summed E-state index contributed by atoms with van der Waals surface area (Å²) in [5.74, 6) is 0. The van der Waals surface area contributed by atoms with Gasteiger partial charge in [0.05, 0.1) is 0 Å². The van der Waals surface area contributed by atoms with Crippen molar-refractivity contribution < 1.29 is 29.7 Å². The molecule has 0 aliphatic carbocycles. The van der Waals surface area contributed by atoms with E-state index in [1.165, 1.54) is 0 Å². The monoisotopic (exact) mass is 758 g/mol. The maximum absolute atomic E-state index is 10.2. The van der Waals surface area contributed by atoms with E-state index in [9.17, 15) is 29.7 Å². The summed E-state index contributed by atoms with van der Waals surface area (Å²) in [6.45, 7) is 0. The summed E-state index contributed by atoms with van der Waals surface area (Å²) in [5.41, 5.74) is 0. The predicted octanol–water partition coefficient (Wildman–Crippen LogP) is -2.01. The summed E-state index contributed by atoms with van der Waals surface area (Å²) in [5, 5.41) is 30.6. The van der Waals surface area contributed by atoms with Gasteiger partial charge in [0.25, 0.3) is 0 Å². The molecule has 0 N–H and O–H groups in total. The molecule has 10 heteroatoms. The molecule has 0 aromatic rings. The molecule has 3 aliphatic rings. The van der Waals surface area contributed by atoms with Crippen LogP contribution >= 0.6 is 0 Å². The molecule has 3 aliphatic heterocycles. The van der Waals surface area contributed by atoms with E-state index in [4.69, 9.17) is 0 Å². The van der Waals surface area contributed by atoms with Gasteiger partial charge in [-0.3, -0.25) is 0 Å². The van der Waals surface area contributed by atoms with E-state index >= 15 is 0 Å². The van der Waals surface area contributed by atoms with Gasteiger partial charge in [-0.05, 0) is 0 Å². The number of carbonyl (C=O) groups is 3. The molecule has 2 radical (unpaired) electrons. The van der Waals surface area contributed by atoms with Gasteiger partial charge in [0.15, 0.2) is 0 Å². The van der Waals surface area contributed by atoms with Crippen LogP contribution in [-0.4, -0.2) is 96.9 Å².